The number of methoxy groups -OCH3 is 1. The summed E-state index contributed by atoms with van der Waals surface area (Å²) in [7, 11) is 1.67. The number of benzene rings is 2. The van der Waals surface area contributed by atoms with E-state index in [4.69, 9.17) is 21.3 Å². The Bertz CT molecular complexity index is 1070. The summed E-state index contributed by atoms with van der Waals surface area (Å²) in [5, 5.41) is 9.12. The highest BCUT2D eigenvalue weighted by atomic mass is 35.5. The van der Waals surface area contributed by atoms with Crippen molar-refractivity contribution in [3.63, 3.8) is 0 Å². The predicted molar refractivity (Wildman–Crippen MR) is 135 cm³/mol. The molecule has 2 heterocycles. The first-order chi connectivity index (χ1) is 15.3. The van der Waals surface area contributed by atoms with E-state index in [2.05, 4.69) is 60.6 Å². The van der Waals surface area contributed by atoms with Crippen molar-refractivity contribution < 1.29 is 4.74 Å². The van der Waals surface area contributed by atoms with Crippen LogP contribution in [0.1, 0.15) is 39.2 Å². The van der Waals surface area contributed by atoms with Gasteiger partial charge in [0.15, 0.2) is 0 Å². The molecule has 2 N–H and O–H groups in total. The van der Waals surface area contributed by atoms with E-state index in [0.717, 1.165) is 48.6 Å². The van der Waals surface area contributed by atoms with Gasteiger partial charge in [-0.3, -0.25) is 0 Å². The second-order valence-corrected chi connectivity index (χ2v) is 9.95. The predicted octanol–water partition coefficient (Wildman–Crippen LogP) is 5.87. The average Bonchev–Trinajstić information content (AvgIpc) is 2.77. The fourth-order valence-corrected chi connectivity index (χ4v) is 4.60. The summed E-state index contributed by atoms with van der Waals surface area (Å²) in [6, 6.07) is 16.9. The van der Waals surface area contributed by atoms with Crippen LogP contribution in [0.5, 0.6) is 5.75 Å². The van der Waals surface area contributed by atoms with Crippen LogP contribution in [0.3, 0.4) is 0 Å². The van der Waals surface area contributed by atoms with Gasteiger partial charge in [0, 0.05) is 58.9 Å². The Balaban J connectivity index is 1.55. The van der Waals surface area contributed by atoms with Crippen LogP contribution in [0, 0.1) is 0 Å². The molecule has 1 aliphatic rings. The molecule has 170 valence electrons. The van der Waals surface area contributed by atoms with Crippen LogP contribution >= 0.6 is 11.6 Å². The first kappa shape index (κ1) is 22.7. The number of piperidine rings is 1. The number of ether oxygens (including phenoxy) is 1. The zero-order chi connectivity index (χ0) is 22.7. The van der Waals surface area contributed by atoms with Gasteiger partial charge in [0.05, 0.1) is 12.6 Å². The Hall–Kier alpha value is -2.50. The number of halogens is 1. The highest BCUT2D eigenvalue weighted by Gasteiger charge is 2.24. The van der Waals surface area contributed by atoms with Gasteiger partial charge in [-0.15, -0.1) is 0 Å². The molecule has 6 heteroatoms. The van der Waals surface area contributed by atoms with Crippen molar-refractivity contribution in [1.29, 1.82) is 0 Å². The van der Waals surface area contributed by atoms with Gasteiger partial charge in [0.2, 0.25) is 0 Å². The quantitative estimate of drug-likeness (QED) is 0.490. The third-order valence-electron chi connectivity index (χ3n) is 5.88. The summed E-state index contributed by atoms with van der Waals surface area (Å²) in [5.41, 5.74) is 3.44. The molecule has 1 aromatic heterocycles. The molecule has 1 aliphatic heterocycles. The molecule has 1 saturated heterocycles. The molecule has 0 bridgehead atoms. The molecule has 0 unspecified atom stereocenters. The van der Waals surface area contributed by atoms with E-state index >= 15 is 0 Å². The number of rotatable bonds is 6. The largest absolute Gasteiger partial charge is 0.496 e. The van der Waals surface area contributed by atoms with Crippen molar-refractivity contribution in [2.24, 2.45) is 0 Å². The van der Waals surface area contributed by atoms with Crippen molar-refractivity contribution in [2.45, 2.75) is 51.7 Å². The maximum absolute atomic E-state index is 6.11. The molecule has 0 saturated carbocycles. The van der Waals surface area contributed by atoms with Crippen LogP contribution in [0.25, 0.3) is 10.9 Å². The molecule has 0 amide bonds. The van der Waals surface area contributed by atoms with Gasteiger partial charge in [-0.05, 0) is 51.8 Å². The topological polar surface area (TPSA) is 49.4 Å². The maximum atomic E-state index is 6.11. The number of aromatic nitrogens is 1. The van der Waals surface area contributed by atoms with Gasteiger partial charge in [-0.2, -0.15) is 0 Å². The molecule has 4 rings (SSSR count). The van der Waals surface area contributed by atoms with Crippen LogP contribution < -0.4 is 20.3 Å². The van der Waals surface area contributed by atoms with Crippen LogP contribution in [-0.4, -0.2) is 36.8 Å². The summed E-state index contributed by atoms with van der Waals surface area (Å²) in [6.07, 6.45) is 2.28. The SMILES string of the molecule is COc1cc(Cl)ccc1CNc1cc(N2CCC(NC(C)(C)C)CC2)c2ccccc2n1. The highest BCUT2D eigenvalue weighted by Crippen LogP contribution is 2.32. The Morgan fingerprint density at radius 3 is 2.56 bits per heavy atom. The summed E-state index contributed by atoms with van der Waals surface area (Å²) < 4.78 is 5.49. The van der Waals surface area contributed by atoms with Gasteiger partial charge >= 0.3 is 0 Å². The monoisotopic (exact) mass is 452 g/mol. The molecule has 5 nitrogen and oxygen atoms in total. The maximum Gasteiger partial charge on any atom is 0.129 e. The van der Waals surface area contributed by atoms with E-state index in [0.29, 0.717) is 17.6 Å². The molecule has 3 aromatic rings. The van der Waals surface area contributed by atoms with Gasteiger partial charge in [-0.25, -0.2) is 4.98 Å². The number of para-hydroxylation sites is 1. The Morgan fingerprint density at radius 2 is 1.84 bits per heavy atom. The van der Waals surface area contributed by atoms with E-state index in [9.17, 15) is 0 Å². The van der Waals surface area contributed by atoms with Gasteiger partial charge < -0.3 is 20.3 Å². The first-order valence-corrected chi connectivity index (χ1v) is 11.7. The number of nitrogens with one attached hydrogen (secondary N) is 2. The molecule has 1 fully saturated rings. The minimum Gasteiger partial charge on any atom is -0.496 e. The van der Waals surface area contributed by atoms with E-state index in [1.807, 2.05) is 24.3 Å². The van der Waals surface area contributed by atoms with Gasteiger partial charge in [-0.1, -0.05) is 35.9 Å². The average molecular weight is 453 g/mol. The fraction of sp³-hybridized carbons (Fsp3) is 0.423. The second kappa shape index (κ2) is 9.55. The third kappa shape index (κ3) is 5.45. The Kier molecular flexibility index (Phi) is 6.77. The van der Waals surface area contributed by atoms with Crippen molar-refractivity contribution in [1.82, 2.24) is 10.3 Å². The van der Waals surface area contributed by atoms with Gasteiger partial charge in [0.25, 0.3) is 0 Å². The fourth-order valence-electron chi connectivity index (χ4n) is 4.44. The molecular weight excluding hydrogens is 420 g/mol. The molecule has 2 aromatic carbocycles. The normalized spacial score (nSPS) is 15.2. The molecule has 0 aliphatic carbocycles. The van der Waals surface area contributed by atoms with Crippen molar-refractivity contribution in [2.75, 3.05) is 30.4 Å². The summed E-state index contributed by atoms with van der Waals surface area (Å²) in [5.74, 6) is 1.64. The van der Waals surface area contributed by atoms with Crippen LogP contribution in [0.15, 0.2) is 48.5 Å². The van der Waals surface area contributed by atoms with Crippen molar-refractivity contribution in [3.8, 4) is 5.75 Å². The number of hydrogen-bond donors (Lipinski definition) is 2. The lowest BCUT2D eigenvalue weighted by molar-refractivity contribution is 0.317. The Labute approximate surface area is 196 Å². The molecule has 0 atom stereocenters. The van der Waals surface area contributed by atoms with Gasteiger partial charge in [0.1, 0.15) is 11.6 Å². The van der Waals surface area contributed by atoms with Crippen molar-refractivity contribution in [3.05, 3.63) is 59.1 Å². The van der Waals surface area contributed by atoms with E-state index in [1.54, 1.807) is 7.11 Å². The first-order valence-electron chi connectivity index (χ1n) is 11.3. The molecular formula is C26H33ClN4O. The summed E-state index contributed by atoms with van der Waals surface area (Å²) in [6.45, 7) is 9.40. The number of nitrogens with zero attached hydrogens (tertiary/aromatic N) is 2. The summed E-state index contributed by atoms with van der Waals surface area (Å²) >= 11 is 6.11. The Morgan fingerprint density at radius 1 is 1.09 bits per heavy atom. The zero-order valence-electron chi connectivity index (χ0n) is 19.4. The smallest absolute Gasteiger partial charge is 0.129 e. The minimum absolute atomic E-state index is 0.149. The molecule has 32 heavy (non-hydrogen) atoms. The highest BCUT2D eigenvalue weighted by molar-refractivity contribution is 6.30. The lowest BCUT2D eigenvalue weighted by Crippen LogP contribution is -2.49. The van der Waals surface area contributed by atoms with Crippen LogP contribution in [0.4, 0.5) is 11.5 Å². The number of fused-ring (bicyclic) bond motifs is 1. The van der Waals surface area contributed by atoms with E-state index < -0.39 is 0 Å². The molecule has 0 spiro atoms. The number of hydrogen-bond acceptors (Lipinski definition) is 5. The number of anilines is 2. The second-order valence-electron chi connectivity index (χ2n) is 9.51. The number of pyridine rings is 1. The van der Waals surface area contributed by atoms with E-state index in [1.165, 1.54) is 11.1 Å². The van der Waals surface area contributed by atoms with E-state index in [-0.39, 0.29) is 5.54 Å². The van der Waals surface area contributed by atoms with Crippen molar-refractivity contribution >= 4 is 34.0 Å². The standard InChI is InChI=1S/C26H33ClN4O/c1-26(2,3)30-20-11-13-31(14-12-20)23-16-25(29-22-8-6-5-7-21(22)23)28-17-18-9-10-19(27)15-24(18)32-4/h5-10,15-16,20,30H,11-14,17H2,1-4H3,(H,28,29). The lowest BCUT2D eigenvalue weighted by atomic mass is 9.99. The lowest BCUT2D eigenvalue weighted by Gasteiger charge is -2.37. The minimum atomic E-state index is 0.149. The summed E-state index contributed by atoms with van der Waals surface area (Å²) in [4.78, 5) is 7.36. The third-order valence-corrected chi connectivity index (χ3v) is 6.11. The zero-order valence-corrected chi connectivity index (χ0v) is 20.2. The molecule has 0 radical (unpaired) electrons. The van der Waals surface area contributed by atoms with Crippen LogP contribution in [0.2, 0.25) is 5.02 Å². The van der Waals surface area contributed by atoms with Crippen LogP contribution in [-0.2, 0) is 6.54 Å².